The first-order valence-electron chi connectivity index (χ1n) is 9.94. The fraction of sp³-hybridized carbons (Fsp3) is 0.227. The number of anilines is 1. The van der Waals surface area contributed by atoms with Crippen LogP contribution in [0.1, 0.15) is 19.4 Å². The smallest absolute Gasteiger partial charge is 0.308 e. The van der Waals surface area contributed by atoms with Crippen molar-refractivity contribution in [1.29, 1.82) is 5.26 Å². The molecule has 0 spiro atoms. The lowest BCUT2D eigenvalue weighted by Crippen LogP contribution is -2.33. The molecular formula is C22H21Cl2N2O5PS. The Labute approximate surface area is 203 Å². The van der Waals surface area contributed by atoms with Crippen molar-refractivity contribution in [1.82, 2.24) is 0 Å². The molecule has 0 atom stereocenters. The highest BCUT2D eigenvalue weighted by Gasteiger charge is 2.37. The van der Waals surface area contributed by atoms with Crippen LogP contribution in [-0.4, -0.2) is 27.9 Å². The van der Waals surface area contributed by atoms with Crippen LogP contribution in [-0.2, 0) is 23.6 Å². The fourth-order valence-electron chi connectivity index (χ4n) is 3.36. The molecule has 0 saturated heterocycles. The summed E-state index contributed by atoms with van der Waals surface area (Å²) in [7, 11) is -8.33. The zero-order valence-electron chi connectivity index (χ0n) is 17.9. The molecule has 0 amide bonds. The standard InChI is InChI=1S/C22H21Cl2N2O5PS/c1-3-30-32(27,31-4-2)15-26(33(28,29)20-12-18(23)11-19(24)13-20)22-17(14-25)10-9-16-7-5-6-8-21(16)22/h5-13H,3-4,15H2,1-2H3. The second-order valence-corrected chi connectivity index (χ2v) is 11.6. The van der Waals surface area contributed by atoms with E-state index in [0.29, 0.717) is 10.8 Å². The van der Waals surface area contributed by atoms with Crippen LogP contribution in [0, 0.1) is 11.3 Å². The Morgan fingerprint density at radius 1 is 1.00 bits per heavy atom. The van der Waals surface area contributed by atoms with Crippen molar-refractivity contribution >= 4 is 57.3 Å². The molecule has 11 heteroatoms. The summed E-state index contributed by atoms with van der Waals surface area (Å²) in [5, 5.41) is 11.2. The summed E-state index contributed by atoms with van der Waals surface area (Å²) in [6.45, 7) is 3.32. The normalized spacial score (nSPS) is 12.0. The van der Waals surface area contributed by atoms with E-state index in [9.17, 15) is 18.2 Å². The third-order valence-electron chi connectivity index (χ3n) is 4.65. The van der Waals surface area contributed by atoms with Gasteiger partial charge in [-0.3, -0.25) is 8.87 Å². The van der Waals surface area contributed by atoms with E-state index in [4.69, 9.17) is 32.2 Å². The quantitative estimate of drug-likeness (QED) is 0.297. The fourth-order valence-corrected chi connectivity index (χ4v) is 7.77. The van der Waals surface area contributed by atoms with Crippen molar-refractivity contribution < 1.29 is 22.0 Å². The monoisotopic (exact) mass is 526 g/mol. The van der Waals surface area contributed by atoms with Gasteiger partial charge >= 0.3 is 7.60 Å². The van der Waals surface area contributed by atoms with E-state index >= 15 is 0 Å². The highest BCUT2D eigenvalue weighted by atomic mass is 35.5. The largest absolute Gasteiger partial charge is 0.350 e. The van der Waals surface area contributed by atoms with Crippen molar-refractivity contribution in [3.8, 4) is 6.07 Å². The van der Waals surface area contributed by atoms with Crippen LogP contribution >= 0.6 is 30.8 Å². The Kier molecular flexibility index (Phi) is 8.07. The van der Waals surface area contributed by atoms with Gasteiger partial charge in [-0.1, -0.05) is 53.5 Å². The molecule has 0 radical (unpaired) electrons. The van der Waals surface area contributed by atoms with Crippen LogP contribution in [0.15, 0.2) is 59.5 Å². The van der Waals surface area contributed by atoms with Crippen LogP contribution in [0.2, 0.25) is 10.0 Å². The first-order chi connectivity index (χ1) is 15.6. The average Bonchev–Trinajstić information content (AvgIpc) is 2.76. The Morgan fingerprint density at radius 2 is 1.61 bits per heavy atom. The van der Waals surface area contributed by atoms with Gasteiger partial charge in [0.1, 0.15) is 12.4 Å². The molecule has 0 saturated carbocycles. The maximum Gasteiger partial charge on any atom is 0.350 e. The number of nitrogens with zero attached hydrogens (tertiary/aromatic N) is 2. The van der Waals surface area contributed by atoms with Gasteiger partial charge in [-0.15, -0.1) is 0 Å². The molecule has 0 fully saturated rings. The molecule has 0 bridgehead atoms. The summed E-state index contributed by atoms with van der Waals surface area (Å²) >= 11 is 12.1. The minimum atomic E-state index is -4.41. The highest BCUT2D eigenvalue weighted by molar-refractivity contribution is 7.93. The molecule has 0 aliphatic rings. The molecule has 0 heterocycles. The molecule has 7 nitrogen and oxygen atoms in total. The average molecular weight is 527 g/mol. The number of sulfonamides is 1. The van der Waals surface area contributed by atoms with E-state index in [1.165, 1.54) is 24.3 Å². The first kappa shape index (κ1) is 25.5. The van der Waals surface area contributed by atoms with Crippen molar-refractivity contribution in [2.75, 3.05) is 23.8 Å². The predicted molar refractivity (Wildman–Crippen MR) is 131 cm³/mol. The molecule has 0 unspecified atom stereocenters. The van der Waals surface area contributed by atoms with E-state index in [2.05, 4.69) is 0 Å². The number of nitriles is 1. The van der Waals surface area contributed by atoms with E-state index in [1.807, 2.05) is 6.07 Å². The second kappa shape index (κ2) is 10.4. The van der Waals surface area contributed by atoms with Crippen molar-refractivity contribution in [2.45, 2.75) is 18.7 Å². The first-order valence-corrected chi connectivity index (χ1v) is 13.9. The van der Waals surface area contributed by atoms with Gasteiger partial charge in [0.2, 0.25) is 0 Å². The Hall–Kier alpha value is -2.11. The van der Waals surface area contributed by atoms with Gasteiger partial charge in [-0.2, -0.15) is 5.26 Å². The third kappa shape index (κ3) is 5.52. The lowest BCUT2D eigenvalue weighted by molar-refractivity contribution is 0.221. The van der Waals surface area contributed by atoms with Gasteiger partial charge in [0, 0.05) is 15.4 Å². The van der Waals surface area contributed by atoms with Crippen molar-refractivity contribution in [3.63, 3.8) is 0 Å². The zero-order valence-corrected chi connectivity index (χ0v) is 21.1. The number of hydrogen-bond donors (Lipinski definition) is 0. The molecule has 33 heavy (non-hydrogen) atoms. The van der Waals surface area contributed by atoms with Crippen molar-refractivity contribution in [3.05, 3.63) is 70.2 Å². The maximum atomic E-state index is 13.9. The predicted octanol–water partition coefficient (Wildman–Crippen LogP) is 6.44. The number of fused-ring (bicyclic) bond motifs is 1. The maximum absolute atomic E-state index is 13.9. The molecule has 0 N–H and O–H groups in total. The van der Waals surface area contributed by atoms with Crippen LogP contribution in [0.25, 0.3) is 10.8 Å². The van der Waals surface area contributed by atoms with Crippen LogP contribution in [0.4, 0.5) is 5.69 Å². The van der Waals surface area contributed by atoms with Crippen LogP contribution in [0.5, 0.6) is 0 Å². The van der Waals surface area contributed by atoms with Gasteiger partial charge in [-0.05, 0) is 43.5 Å². The summed E-state index contributed by atoms with van der Waals surface area (Å²) in [6, 6.07) is 16.1. The Bertz CT molecular complexity index is 1340. The van der Waals surface area contributed by atoms with Gasteiger partial charge in [0.15, 0.2) is 0 Å². The summed E-state index contributed by atoms with van der Waals surface area (Å²) in [4.78, 5) is -0.226. The second-order valence-electron chi connectivity index (χ2n) is 6.84. The molecule has 0 aromatic heterocycles. The third-order valence-corrected chi connectivity index (χ3v) is 8.93. The lowest BCUT2D eigenvalue weighted by Gasteiger charge is -2.29. The summed E-state index contributed by atoms with van der Waals surface area (Å²) in [5.74, 6) is 0. The zero-order chi connectivity index (χ0) is 24.2. The minimum absolute atomic E-state index is 0.0365. The number of rotatable bonds is 9. The number of benzene rings is 3. The Balaban J connectivity index is 2.35. The van der Waals surface area contributed by atoms with E-state index in [-0.39, 0.29) is 39.4 Å². The molecule has 0 aliphatic heterocycles. The molecular weight excluding hydrogens is 506 g/mol. The Morgan fingerprint density at radius 3 is 2.18 bits per heavy atom. The summed E-state index contributed by atoms with van der Waals surface area (Å²) in [6.07, 6.45) is -0.649. The summed E-state index contributed by atoms with van der Waals surface area (Å²) in [5.41, 5.74) is 0.135. The number of halogens is 2. The molecule has 3 rings (SSSR count). The van der Waals surface area contributed by atoms with Crippen LogP contribution < -0.4 is 4.31 Å². The topological polar surface area (TPSA) is 96.7 Å². The molecule has 3 aromatic carbocycles. The van der Waals surface area contributed by atoms with E-state index < -0.39 is 23.9 Å². The van der Waals surface area contributed by atoms with Gasteiger partial charge < -0.3 is 9.05 Å². The molecule has 174 valence electrons. The molecule has 3 aromatic rings. The lowest BCUT2D eigenvalue weighted by atomic mass is 10.0. The minimum Gasteiger partial charge on any atom is -0.308 e. The van der Waals surface area contributed by atoms with E-state index in [1.54, 1.807) is 44.2 Å². The van der Waals surface area contributed by atoms with Crippen molar-refractivity contribution in [2.24, 2.45) is 0 Å². The van der Waals surface area contributed by atoms with Gasteiger partial charge in [-0.25, -0.2) is 8.42 Å². The van der Waals surface area contributed by atoms with Gasteiger partial charge in [0.25, 0.3) is 10.0 Å². The van der Waals surface area contributed by atoms with E-state index in [0.717, 1.165) is 4.31 Å². The highest BCUT2D eigenvalue weighted by Crippen LogP contribution is 2.51. The summed E-state index contributed by atoms with van der Waals surface area (Å²) < 4.78 is 52.9. The number of hydrogen-bond acceptors (Lipinski definition) is 6. The molecule has 0 aliphatic carbocycles. The van der Waals surface area contributed by atoms with Crippen LogP contribution in [0.3, 0.4) is 0 Å². The SMILES string of the molecule is CCOP(=O)(CN(c1c(C#N)ccc2ccccc12)S(=O)(=O)c1cc(Cl)cc(Cl)c1)OCC. The van der Waals surface area contributed by atoms with Gasteiger partial charge in [0.05, 0.1) is 29.4 Å².